The number of fused-ring (bicyclic) bond motifs is 1. The number of anilines is 1. The van der Waals surface area contributed by atoms with Crippen molar-refractivity contribution < 1.29 is 22.4 Å². The standard InChI is InChI=1S/C30H28F3N7O2/c1-37-10-12-39(13-11-37)30(41)40(18-22-7-6-21(16-25(22)31)28-35-36-29(42-28)27(32)33)24-5-3-4-19(15-24)20-8-9-26-23(14-20)17-34-38(26)2/h3-9,14-17,27H,10-13,18H2,1-2H3. The number of rotatable bonds is 6. The molecule has 1 aliphatic heterocycles. The highest BCUT2D eigenvalue weighted by atomic mass is 19.3. The number of likely N-dealkylation sites (N-methyl/N-ethyl adjacent to an activating group) is 1. The zero-order valence-corrected chi connectivity index (χ0v) is 23.0. The van der Waals surface area contributed by atoms with Gasteiger partial charge in [-0.3, -0.25) is 9.58 Å². The summed E-state index contributed by atoms with van der Waals surface area (Å²) in [7, 11) is 3.89. The first-order valence-corrected chi connectivity index (χ1v) is 13.4. The minimum atomic E-state index is -2.92. The first-order chi connectivity index (χ1) is 20.3. The van der Waals surface area contributed by atoms with Crippen LogP contribution in [0.25, 0.3) is 33.5 Å². The van der Waals surface area contributed by atoms with Gasteiger partial charge in [-0.15, -0.1) is 10.2 Å². The highest BCUT2D eigenvalue weighted by Gasteiger charge is 2.27. The molecule has 1 aliphatic rings. The predicted molar refractivity (Wildman–Crippen MR) is 151 cm³/mol. The summed E-state index contributed by atoms with van der Waals surface area (Å²) in [5.41, 5.74) is 3.90. The number of carbonyl (C=O) groups is 1. The molecule has 0 atom stereocenters. The third kappa shape index (κ3) is 5.45. The summed E-state index contributed by atoms with van der Waals surface area (Å²) in [4.78, 5) is 19.4. The van der Waals surface area contributed by atoms with Crippen LogP contribution < -0.4 is 4.90 Å². The van der Waals surface area contributed by atoms with Crippen molar-refractivity contribution in [2.24, 2.45) is 7.05 Å². The van der Waals surface area contributed by atoms with Crippen molar-refractivity contribution in [3.63, 3.8) is 0 Å². The molecule has 9 nitrogen and oxygen atoms in total. The topological polar surface area (TPSA) is 83.5 Å². The van der Waals surface area contributed by atoms with Gasteiger partial charge in [0.05, 0.1) is 18.3 Å². The average Bonchev–Trinajstić information content (AvgIpc) is 3.64. The zero-order chi connectivity index (χ0) is 29.4. The summed E-state index contributed by atoms with van der Waals surface area (Å²) in [5.74, 6) is -1.67. The second kappa shape index (κ2) is 11.3. The number of urea groups is 1. The lowest BCUT2D eigenvalue weighted by molar-refractivity contribution is 0.116. The van der Waals surface area contributed by atoms with E-state index in [1.54, 1.807) is 16.0 Å². The molecule has 3 aromatic carbocycles. The molecule has 0 bridgehead atoms. The Labute approximate surface area is 239 Å². The molecule has 0 spiro atoms. The number of carbonyl (C=O) groups excluding carboxylic acids is 1. The second-order valence-electron chi connectivity index (χ2n) is 10.3. The Kier molecular flexibility index (Phi) is 7.38. The number of aryl methyl sites for hydroxylation is 1. The molecule has 0 unspecified atom stereocenters. The van der Waals surface area contributed by atoms with Gasteiger partial charge in [0.15, 0.2) is 0 Å². The Bertz CT molecular complexity index is 1740. The molecular weight excluding hydrogens is 547 g/mol. The molecule has 216 valence electrons. The van der Waals surface area contributed by atoms with E-state index in [0.29, 0.717) is 18.8 Å². The van der Waals surface area contributed by atoms with Crippen molar-refractivity contribution in [3.8, 4) is 22.6 Å². The summed E-state index contributed by atoms with van der Waals surface area (Å²) < 4.78 is 48.0. The van der Waals surface area contributed by atoms with Crippen LogP contribution in [0.5, 0.6) is 0 Å². The minimum absolute atomic E-state index is 0.0471. The van der Waals surface area contributed by atoms with Crippen molar-refractivity contribution in [1.29, 1.82) is 0 Å². The molecule has 42 heavy (non-hydrogen) atoms. The van der Waals surface area contributed by atoms with Gasteiger partial charge in [-0.1, -0.05) is 24.3 Å². The number of hydrogen-bond donors (Lipinski definition) is 0. The summed E-state index contributed by atoms with van der Waals surface area (Å²) in [6, 6.07) is 17.6. The van der Waals surface area contributed by atoms with Crippen molar-refractivity contribution >= 4 is 22.6 Å². The summed E-state index contributed by atoms with van der Waals surface area (Å²) in [6.45, 7) is 2.52. The highest BCUT2D eigenvalue weighted by molar-refractivity contribution is 5.93. The van der Waals surface area contributed by atoms with Crippen molar-refractivity contribution in [2.75, 3.05) is 38.1 Å². The number of amides is 2. The largest absolute Gasteiger partial charge is 0.415 e. The van der Waals surface area contributed by atoms with E-state index >= 15 is 4.39 Å². The number of benzene rings is 3. The van der Waals surface area contributed by atoms with E-state index in [-0.39, 0.29) is 29.6 Å². The lowest BCUT2D eigenvalue weighted by Crippen LogP contribution is -2.52. The molecular formula is C30H28F3N7O2. The van der Waals surface area contributed by atoms with E-state index in [2.05, 4.69) is 20.2 Å². The fraction of sp³-hybridized carbons (Fsp3) is 0.267. The van der Waals surface area contributed by atoms with E-state index < -0.39 is 18.1 Å². The van der Waals surface area contributed by atoms with Crippen LogP contribution in [-0.2, 0) is 13.6 Å². The van der Waals surface area contributed by atoms with Crippen molar-refractivity contribution in [2.45, 2.75) is 13.0 Å². The van der Waals surface area contributed by atoms with Crippen LogP contribution >= 0.6 is 0 Å². The van der Waals surface area contributed by atoms with E-state index in [1.807, 2.05) is 61.2 Å². The van der Waals surface area contributed by atoms with Crippen LogP contribution in [-0.4, -0.2) is 69.0 Å². The SMILES string of the molecule is CN1CCN(C(=O)N(Cc2ccc(-c3nnc(C(F)F)o3)cc2F)c2cccc(-c3ccc4c(cnn4C)c3)c2)CC1. The molecule has 0 N–H and O–H groups in total. The smallest absolute Gasteiger partial charge is 0.324 e. The van der Waals surface area contributed by atoms with Crippen LogP contribution in [0.2, 0.25) is 0 Å². The minimum Gasteiger partial charge on any atom is -0.415 e. The summed E-state index contributed by atoms with van der Waals surface area (Å²) in [5, 5.41) is 12.2. The number of alkyl halides is 2. The van der Waals surface area contributed by atoms with Gasteiger partial charge < -0.3 is 14.2 Å². The Balaban J connectivity index is 1.33. The van der Waals surface area contributed by atoms with Gasteiger partial charge in [-0.05, 0) is 54.6 Å². The quantitative estimate of drug-likeness (QED) is 0.257. The van der Waals surface area contributed by atoms with E-state index in [9.17, 15) is 13.6 Å². The molecule has 6 rings (SSSR count). The lowest BCUT2D eigenvalue weighted by Gasteiger charge is -2.36. The van der Waals surface area contributed by atoms with Crippen LogP contribution in [0.1, 0.15) is 17.9 Å². The number of piperazine rings is 1. The molecule has 0 radical (unpaired) electrons. The van der Waals surface area contributed by atoms with Crippen molar-refractivity contribution in [3.05, 3.63) is 84.1 Å². The van der Waals surface area contributed by atoms with Gasteiger partial charge in [0, 0.05) is 55.4 Å². The van der Waals surface area contributed by atoms with E-state index in [0.717, 1.165) is 41.2 Å². The van der Waals surface area contributed by atoms with Gasteiger partial charge in [-0.2, -0.15) is 13.9 Å². The first-order valence-electron chi connectivity index (χ1n) is 13.4. The molecule has 2 aromatic heterocycles. The monoisotopic (exact) mass is 575 g/mol. The maximum absolute atomic E-state index is 15.4. The molecule has 0 saturated carbocycles. The molecule has 2 amide bonds. The number of hydrogen-bond acceptors (Lipinski definition) is 6. The Hall–Kier alpha value is -4.71. The molecule has 12 heteroatoms. The molecule has 1 fully saturated rings. The van der Waals surface area contributed by atoms with Gasteiger partial charge >= 0.3 is 12.5 Å². The van der Waals surface area contributed by atoms with E-state index in [1.165, 1.54) is 12.1 Å². The third-order valence-corrected chi connectivity index (χ3v) is 7.50. The maximum Gasteiger partial charge on any atom is 0.324 e. The van der Waals surface area contributed by atoms with Gasteiger partial charge in [0.1, 0.15) is 5.82 Å². The van der Waals surface area contributed by atoms with Crippen molar-refractivity contribution in [1.82, 2.24) is 29.8 Å². The third-order valence-electron chi connectivity index (χ3n) is 7.50. The van der Waals surface area contributed by atoms with Crippen LogP contribution in [0, 0.1) is 5.82 Å². The van der Waals surface area contributed by atoms with Crippen LogP contribution in [0.3, 0.4) is 0 Å². The molecule has 0 aliphatic carbocycles. The maximum atomic E-state index is 15.4. The fourth-order valence-corrected chi connectivity index (χ4v) is 5.05. The number of aromatic nitrogens is 4. The first kappa shape index (κ1) is 27.5. The van der Waals surface area contributed by atoms with Gasteiger partial charge in [0.25, 0.3) is 5.89 Å². The number of nitrogens with zero attached hydrogens (tertiary/aromatic N) is 7. The Morgan fingerprint density at radius 2 is 1.71 bits per heavy atom. The predicted octanol–water partition coefficient (Wildman–Crippen LogP) is 5.74. The molecule has 3 heterocycles. The Morgan fingerprint density at radius 3 is 2.45 bits per heavy atom. The second-order valence-corrected chi connectivity index (χ2v) is 10.3. The molecule has 1 saturated heterocycles. The normalized spacial score (nSPS) is 14.2. The summed E-state index contributed by atoms with van der Waals surface area (Å²) in [6.07, 6.45) is -1.12. The fourth-order valence-electron chi connectivity index (χ4n) is 5.05. The number of halogens is 3. The highest BCUT2D eigenvalue weighted by Crippen LogP contribution is 2.30. The summed E-state index contributed by atoms with van der Waals surface area (Å²) >= 11 is 0. The zero-order valence-electron chi connectivity index (χ0n) is 23.0. The molecule has 5 aromatic rings. The van der Waals surface area contributed by atoms with Gasteiger partial charge in [-0.25, -0.2) is 9.18 Å². The van der Waals surface area contributed by atoms with Gasteiger partial charge in [0.2, 0.25) is 5.89 Å². The van der Waals surface area contributed by atoms with E-state index in [4.69, 9.17) is 4.42 Å². The van der Waals surface area contributed by atoms with Crippen LogP contribution in [0.15, 0.2) is 71.3 Å². The van der Waals surface area contributed by atoms with Crippen LogP contribution in [0.4, 0.5) is 23.7 Å². The lowest BCUT2D eigenvalue weighted by atomic mass is 10.0. The Morgan fingerprint density at radius 1 is 0.952 bits per heavy atom. The average molecular weight is 576 g/mol.